The van der Waals surface area contributed by atoms with E-state index in [0.29, 0.717) is 29.3 Å². The molecular formula is C22H25N3O4. The van der Waals surface area contributed by atoms with Crippen molar-refractivity contribution in [2.45, 2.75) is 25.9 Å². The van der Waals surface area contributed by atoms with Crippen molar-refractivity contribution in [1.29, 1.82) is 0 Å². The molecule has 0 aliphatic carbocycles. The number of rotatable bonds is 5. The van der Waals surface area contributed by atoms with E-state index in [1.54, 1.807) is 36.4 Å². The Morgan fingerprint density at radius 1 is 1.17 bits per heavy atom. The summed E-state index contributed by atoms with van der Waals surface area (Å²) in [6.45, 7) is 3.14. The van der Waals surface area contributed by atoms with Crippen LogP contribution in [0.5, 0.6) is 0 Å². The highest BCUT2D eigenvalue weighted by molar-refractivity contribution is 6.10. The van der Waals surface area contributed by atoms with Crippen molar-refractivity contribution in [3.05, 3.63) is 65.2 Å². The van der Waals surface area contributed by atoms with E-state index >= 15 is 0 Å². The van der Waals surface area contributed by atoms with Crippen LogP contribution in [0.15, 0.2) is 53.5 Å². The molecular weight excluding hydrogens is 370 g/mol. The lowest BCUT2D eigenvalue weighted by atomic mass is 10.1. The Bertz CT molecular complexity index is 887. The fourth-order valence-corrected chi connectivity index (χ4v) is 2.95. The smallest absolute Gasteiger partial charge is 0.337 e. The van der Waals surface area contributed by atoms with Crippen molar-refractivity contribution in [1.82, 2.24) is 5.32 Å². The fraction of sp³-hybridized carbons (Fsp3) is 0.318. The van der Waals surface area contributed by atoms with E-state index in [1.807, 2.05) is 19.1 Å². The summed E-state index contributed by atoms with van der Waals surface area (Å²) < 4.78 is 10.4. The predicted molar refractivity (Wildman–Crippen MR) is 111 cm³/mol. The number of amides is 1. The van der Waals surface area contributed by atoms with E-state index in [1.165, 1.54) is 7.11 Å². The summed E-state index contributed by atoms with van der Waals surface area (Å²) in [4.78, 5) is 28.9. The van der Waals surface area contributed by atoms with Gasteiger partial charge in [0.25, 0.3) is 5.91 Å². The molecule has 1 heterocycles. The van der Waals surface area contributed by atoms with Crippen molar-refractivity contribution in [2.24, 2.45) is 4.99 Å². The number of benzene rings is 2. The van der Waals surface area contributed by atoms with Crippen LogP contribution >= 0.6 is 0 Å². The van der Waals surface area contributed by atoms with E-state index in [0.717, 1.165) is 25.0 Å². The minimum Gasteiger partial charge on any atom is -0.465 e. The quantitative estimate of drug-likeness (QED) is 0.461. The van der Waals surface area contributed by atoms with Gasteiger partial charge in [0.2, 0.25) is 5.96 Å². The number of nitrogens with one attached hydrogen (secondary N) is 2. The number of aliphatic imine (C=N–C) groups is 1. The highest BCUT2D eigenvalue weighted by Crippen LogP contribution is 2.14. The lowest BCUT2D eigenvalue weighted by Gasteiger charge is -2.14. The van der Waals surface area contributed by atoms with Crippen LogP contribution in [0.25, 0.3) is 0 Å². The molecule has 0 bridgehead atoms. The molecule has 0 radical (unpaired) electrons. The number of carbonyl (C=O) groups excluding carboxylic acids is 2. The molecule has 0 aromatic heterocycles. The van der Waals surface area contributed by atoms with Crippen molar-refractivity contribution in [2.75, 3.05) is 25.6 Å². The molecule has 1 saturated heterocycles. The highest BCUT2D eigenvalue weighted by Gasteiger charge is 2.16. The maximum atomic E-state index is 12.6. The van der Waals surface area contributed by atoms with Gasteiger partial charge in [-0.2, -0.15) is 0 Å². The zero-order valence-electron chi connectivity index (χ0n) is 16.6. The average Bonchev–Trinajstić information content (AvgIpc) is 3.25. The van der Waals surface area contributed by atoms with Crippen LogP contribution in [0.3, 0.4) is 0 Å². The van der Waals surface area contributed by atoms with Crippen LogP contribution in [0.2, 0.25) is 0 Å². The summed E-state index contributed by atoms with van der Waals surface area (Å²) >= 11 is 0. The van der Waals surface area contributed by atoms with Gasteiger partial charge in [-0.3, -0.25) is 10.1 Å². The molecule has 152 valence electrons. The van der Waals surface area contributed by atoms with Crippen LogP contribution in [-0.4, -0.2) is 44.2 Å². The number of guanidine groups is 1. The first-order valence-corrected chi connectivity index (χ1v) is 9.54. The Morgan fingerprint density at radius 3 is 2.66 bits per heavy atom. The molecule has 29 heavy (non-hydrogen) atoms. The summed E-state index contributed by atoms with van der Waals surface area (Å²) in [6.07, 6.45) is 2.00. The topological polar surface area (TPSA) is 89.0 Å². The van der Waals surface area contributed by atoms with Crippen molar-refractivity contribution in [3.8, 4) is 0 Å². The van der Waals surface area contributed by atoms with Crippen LogP contribution < -0.4 is 10.6 Å². The lowest BCUT2D eigenvalue weighted by molar-refractivity contribution is 0.0600. The van der Waals surface area contributed by atoms with Crippen LogP contribution in [0.4, 0.5) is 5.69 Å². The summed E-state index contributed by atoms with van der Waals surface area (Å²) in [5.41, 5.74) is 2.63. The number of aryl methyl sites for hydroxylation is 1. The molecule has 1 amide bonds. The molecule has 7 nitrogen and oxygen atoms in total. The predicted octanol–water partition coefficient (Wildman–Crippen LogP) is 3.16. The van der Waals surface area contributed by atoms with Gasteiger partial charge in [0, 0.05) is 17.9 Å². The molecule has 1 atom stereocenters. The van der Waals surface area contributed by atoms with Gasteiger partial charge >= 0.3 is 5.97 Å². The Balaban J connectivity index is 1.77. The Kier molecular flexibility index (Phi) is 6.97. The number of methoxy groups -OCH3 is 1. The normalized spacial score (nSPS) is 16.3. The monoisotopic (exact) mass is 395 g/mol. The Labute approximate surface area is 170 Å². The van der Waals surface area contributed by atoms with Gasteiger partial charge in [0.15, 0.2) is 0 Å². The van der Waals surface area contributed by atoms with E-state index in [2.05, 4.69) is 15.6 Å². The fourth-order valence-electron chi connectivity index (χ4n) is 2.95. The second-order valence-electron chi connectivity index (χ2n) is 6.84. The number of hydrogen-bond acceptors (Lipinski definition) is 5. The first-order valence-electron chi connectivity index (χ1n) is 9.54. The number of esters is 1. The largest absolute Gasteiger partial charge is 0.465 e. The molecule has 1 aliphatic rings. The maximum Gasteiger partial charge on any atom is 0.337 e. The Morgan fingerprint density at radius 2 is 1.97 bits per heavy atom. The number of hydrogen-bond donors (Lipinski definition) is 2. The molecule has 1 fully saturated rings. The molecule has 2 aromatic rings. The Hall–Kier alpha value is -3.19. The second kappa shape index (κ2) is 9.84. The van der Waals surface area contributed by atoms with E-state index in [4.69, 9.17) is 9.47 Å². The number of carbonyl (C=O) groups is 2. The van der Waals surface area contributed by atoms with E-state index in [9.17, 15) is 9.59 Å². The second-order valence-corrected chi connectivity index (χ2v) is 6.84. The zero-order valence-corrected chi connectivity index (χ0v) is 16.6. The molecule has 1 aliphatic heterocycles. The molecule has 0 spiro atoms. The molecule has 3 rings (SSSR count). The third-order valence-electron chi connectivity index (χ3n) is 4.57. The van der Waals surface area contributed by atoms with Crippen LogP contribution in [-0.2, 0) is 9.47 Å². The van der Waals surface area contributed by atoms with Gasteiger partial charge in [0.05, 0.1) is 25.3 Å². The van der Waals surface area contributed by atoms with E-state index < -0.39 is 5.97 Å². The summed E-state index contributed by atoms with van der Waals surface area (Å²) in [6, 6.07) is 14.1. The molecule has 0 unspecified atom stereocenters. The number of anilines is 1. The molecule has 2 aromatic carbocycles. The minimum atomic E-state index is -0.435. The van der Waals surface area contributed by atoms with Gasteiger partial charge in [-0.05, 0) is 50.1 Å². The van der Waals surface area contributed by atoms with Crippen molar-refractivity contribution >= 4 is 23.5 Å². The molecule has 0 saturated carbocycles. The van der Waals surface area contributed by atoms with Gasteiger partial charge in [-0.1, -0.05) is 23.8 Å². The van der Waals surface area contributed by atoms with Crippen molar-refractivity contribution < 1.29 is 19.1 Å². The summed E-state index contributed by atoms with van der Waals surface area (Å²) in [5.74, 6) is -0.406. The maximum absolute atomic E-state index is 12.6. The number of nitrogens with zero attached hydrogens (tertiary/aromatic N) is 1. The highest BCUT2D eigenvalue weighted by atomic mass is 16.5. The first-order chi connectivity index (χ1) is 14.0. The standard InChI is InChI=1S/C22H25N3O4/c1-15-8-10-16(11-9-15)20(26)25-22(23-14-19-7-4-12-29-19)24-18-6-3-5-17(13-18)21(27)28-2/h3,5-6,8-11,13,19H,4,7,12,14H2,1-2H3,(H2,23,24,25,26)/t19-/m0/s1. The first kappa shape index (κ1) is 20.5. The average molecular weight is 395 g/mol. The van der Waals surface area contributed by atoms with Crippen LogP contribution in [0.1, 0.15) is 39.1 Å². The molecule has 7 heteroatoms. The van der Waals surface area contributed by atoms with Crippen molar-refractivity contribution in [3.63, 3.8) is 0 Å². The van der Waals surface area contributed by atoms with Gasteiger partial charge in [0.1, 0.15) is 0 Å². The van der Waals surface area contributed by atoms with E-state index in [-0.39, 0.29) is 12.0 Å². The SMILES string of the molecule is COC(=O)c1cccc(NC(=NC[C@@H]2CCCO2)NC(=O)c2ccc(C)cc2)c1. The summed E-state index contributed by atoms with van der Waals surface area (Å²) in [5, 5.41) is 5.91. The van der Waals surface area contributed by atoms with Crippen LogP contribution in [0, 0.1) is 6.92 Å². The number of ether oxygens (including phenoxy) is 2. The van der Waals surface area contributed by atoms with Gasteiger partial charge in [-0.25, -0.2) is 9.79 Å². The van der Waals surface area contributed by atoms with Gasteiger partial charge in [-0.15, -0.1) is 0 Å². The zero-order chi connectivity index (χ0) is 20.6. The third kappa shape index (κ3) is 5.89. The van der Waals surface area contributed by atoms with Gasteiger partial charge < -0.3 is 14.8 Å². The molecule has 2 N–H and O–H groups in total. The minimum absolute atomic E-state index is 0.0458. The lowest BCUT2D eigenvalue weighted by Crippen LogP contribution is -2.36. The summed E-state index contributed by atoms with van der Waals surface area (Å²) in [7, 11) is 1.33. The third-order valence-corrected chi connectivity index (χ3v) is 4.57.